The number of nitrogens with zero attached hydrogens (tertiary/aromatic N) is 8. The number of hydrogen-bond acceptors (Lipinski definition) is 12. The number of para-hydroxylation sites is 3. The van der Waals surface area contributed by atoms with Gasteiger partial charge in [-0.3, -0.25) is 0 Å². The fourth-order valence-electron chi connectivity index (χ4n) is 6.57. The number of fused-ring (bicyclic) bond motifs is 4. The lowest BCUT2D eigenvalue weighted by Crippen LogP contribution is -2.00. The van der Waals surface area contributed by atoms with Gasteiger partial charge in [-0.25, -0.2) is 19.9 Å². The molecule has 0 fully saturated rings. The lowest BCUT2D eigenvalue weighted by atomic mass is 9.94. The number of hydrogen-bond donors (Lipinski definition) is 0. The first-order valence-electron chi connectivity index (χ1n) is 22.8. The van der Waals surface area contributed by atoms with Crippen molar-refractivity contribution in [3.8, 4) is 24.3 Å². The van der Waals surface area contributed by atoms with Gasteiger partial charge in [0.1, 0.15) is 56.5 Å². The van der Waals surface area contributed by atoms with Crippen molar-refractivity contribution < 1.29 is 8.83 Å². The van der Waals surface area contributed by atoms with Crippen molar-refractivity contribution in [3.05, 3.63) is 142 Å². The molecule has 8 rings (SSSR count). The van der Waals surface area contributed by atoms with Crippen LogP contribution in [0.15, 0.2) is 118 Å². The van der Waals surface area contributed by atoms with E-state index >= 15 is 0 Å². The second-order valence-electron chi connectivity index (χ2n) is 21.1. The van der Waals surface area contributed by atoms with Gasteiger partial charge in [0.2, 0.25) is 11.8 Å². The topological polar surface area (TPSA) is 173 Å². The molecule has 0 radical (unpaired) electrons. The van der Waals surface area contributed by atoms with Gasteiger partial charge >= 0.3 is 0 Å². The molecular formula is C58H60N8O2S2. The predicted molar refractivity (Wildman–Crippen MR) is 289 cm³/mol. The van der Waals surface area contributed by atoms with Crippen LogP contribution in [0.1, 0.15) is 116 Å². The summed E-state index contributed by atoms with van der Waals surface area (Å²) in [5, 5.41) is 38.5. The van der Waals surface area contributed by atoms with Crippen molar-refractivity contribution in [1.29, 1.82) is 21.0 Å². The third kappa shape index (κ3) is 15.8. The first-order valence-corrected chi connectivity index (χ1v) is 24.4. The molecule has 356 valence electrons. The van der Waals surface area contributed by atoms with E-state index in [1.165, 1.54) is 5.56 Å². The monoisotopic (exact) mass is 964 g/mol. The summed E-state index contributed by atoms with van der Waals surface area (Å²) in [6, 6.07) is 36.2. The lowest BCUT2D eigenvalue weighted by molar-refractivity contribution is 0.539. The van der Waals surface area contributed by atoms with E-state index in [1.807, 2.05) is 152 Å². The van der Waals surface area contributed by atoms with Crippen LogP contribution < -0.4 is 0 Å². The van der Waals surface area contributed by atoms with Crippen molar-refractivity contribution in [2.45, 2.75) is 96.9 Å². The summed E-state index contributed by atoms with van der Waals surface area (Å²) in [6.45, 7) is 28.8. The molecule has 0 atom stereocenters. The first kappa shape index (κ1) is 53.5. The maximum atomic E-state index is 9.27. The average Bonchev–Trinajstić information content (AvgIpc) is 4.09. The maximum Gasteiger partial charge on any atom is 0.237 e. The fourth-order valence-corrected chi connectivity index (χ4v) is 8.53. The second kappa shape index (κ2) is 22.3. The number of thiazole rings is 2. The summed E-state index contributed by atoms with van der Waals surface area (Å²) in [4.78, 5) is 17.7. The van der Waals surface area contributed by atoms with E-state index in [9.17, 15) is 15.8 Å². The van der Waals surface area contributed by atoms with Gasteiger partial charge in [-0.15, -0.1) is 22.7 Å². The first-order chi connectivity index (χ1) is 32.8. The third-order valence-corrected chi connectivity index (χ3v) is 11.5. The van der Waals surface area contributed by atoms with Crippen LogP contribution in [0.4, 0.5) is 0 Å². The number of benzene rings is 4. The molecule has 10 nitrogen and oxygen atoms in total. The largest absolute Gasteiger partial charge is 0.435 e. The lowest BCUT2D eigenvalue weighted by Gasteiger charge is -2.11. The Hall–Kier alpha value is -7.48. The van der Waals surface area contributed by atoms with Crippen molar-refractivity contribution in [1.82, 2.24) is 19.9 Å². The van der Waals surface area contributed by atoms with Crippen LogP contribution in [0.25, 0.3) is 64.9 Å². The molecule has 12 heteroatoms. The number of allylic oxidation sites excluding steroid dienone is 8. The maximum absolute atomic E-state index is 9.27. The molecule has 0 amide bonds. The molecule has 0 bridgehead atoms. The standard InChI is InChI=1S/C15H16N2O.C15H16N2S.C14H14N2O.C14H14N2S/c2*1-10-5-6-12-13(7-10)18-14(17-12)11(9-16)8-15(2,3)4;2*1-14(2,3)8-10(9-15)13-16-11-6-4-5-7-12(11)17-13/h2*5-8H,1-4H3;2*4-8H,1-3H3/b2*11-8+;2*10-8+. The van der Waals surface area contributed by atoms with Gasteiger partial charge in [-0.05, 0) is 95.2 Å². The van der Waals surface area contributed by atoms with Gasteiger partial charge in [0.25, 0.3) is 0 Å². The molecule has 0 aliphatic heterocycles. The van der Waals surface area contributed by atoms with Crippen LogP contribution in [-0.2, 0) is 0 Å². The Morgan fingerprint density at radius 1 is 0.429 bits per heavy atom. The Bertz CT molecular complexity index is 3150. The molecule has 0 spiro atoms. The molecule has 0 aliphatic rings. The molecule has 0 aliphatic carbocycles. The minimum atomic E-state index is -0.0817. The molecule has 0 saturated heterocycles. The van der Waals surface area contributed by atoms with Crippen LogP contribution in [-0.4, -0.2) is 19.9 Å². The summed E-state index contributed by atoms with van der Waals surface area (Å²) in [6.07, 6.45) is 7.71. The molecule has 8 aromatic rings. The van der Waals surface area contributed by atoms with Gasteiger partial charge in [-0.2, -0.15) is 21.0 Å². The number of oxazole rings is 2. The van der Waals surface area contributed by atoms with Crippen LogP contribution in [0.3, 0.4) is 0 Å². The van der Waals surface area contributed by atoms with Gasteiger partial charge in [0, 0.05) is 0 Å². The molecule has 0 saturated carbocycles. The van der Waals surface area contributed by atoms with Gasteiger partial charge in [0.05, 0.1) is 31.6 Å². The summed E-state index contributed by atoms with van der Waals surface area (Å²) in [5.74, 6) is 0.789. The Morgan fingerprint density at radius 2 is 0.800 bits per heavy atom. The van der Waals surface area contributed by atoms with E-state index in [1.54, 1.807) is 22.7 Å². The zero-order valence-electron chi connectivity index (χ0n) is 42.6. The van der Waals surface area contributed by atoms with E-state index < -0.39 is 0 Å². The Labute approximate surface area is 420 Å². The van der Waals surface area contributed by atoms with Crippen LogP contribution in [0, 0.1) is 80.8 Å². The highest BCUT2D eigenvalue weighted by Gasteiger charge is 2.18. The summed E-state index contributed by atoms with van der Waals surface area (Å²) < 4.78 is 13.5. The van der Waals surface area contributed by atoms with Crippen molar-refractivity contribution in [2.75, 3.05) is 0 Å². The minimum absolute atomic E-state index is 0.0110. The van der Waals surface area contributed by atoms with E-state index in [2.05, 4.69) is 98.7 Å². The molecule has 4 heterocycles. The number of nitriles is 4. The van der Waals surface area contributed by atoms with Crippen LogP contribution in [0.2, 0.25) is 0 Å². The predicted octanol–water partition coefficient (Wildman–Crippen LogP) is 16.7. The van der Waals surface area contributed by atoms with Crippen LogP contribution in [0.5, 0.6) is 0 Å². The number of aryl methyl sites for hydroxylation is 2. The Morgan fingerprint density at radius 3 is 1.26 bits per heavy atom. The quantitative estimate of drug-likeness (QED) is 0.154. The zero-order chi connectivity index (χ0) is 51.6. The zero-order valence-corrected chi connectivity index (χ0v) is 44.2. The smallest absolute Gasteiger partial charge is 0.237 e. The van der Waals surface area contributed by atoms with Crippen molar-refractivity contribution >= 4 is 87.6 Å². The highest BCUT2D eigenvalue weighted by molar-refractivity contribution is 7.20. The van der Waals surface area contributed by atoms with E-state index in [0.717, 1.165) is 52.6 Å². The molecule has 4 aromatic carbocycles. The normalized spacial score (nSPS) is 12.7. The molecular weight excluding hydrogens is 905 g/mol. The summed E-state index contributed by atoms with van der Waals surface area (Å²) in [7, 11) is 0. The Balaban J connectivity index is 0.000000174. The molecule has 70 heavy (non-hydrogen) atoms. The minimum Gasteiger partial charge on any atom is -0.435 e. The molecule has 0 unspecified atom stereocenters. The Kier molecular flexibility index (Phi) is 17.0. The fraction of sp³-hybridized carbons (Fsp3) is 0.310. The van der Waals surface area contributed by atoms with Crippen molar-refractivity contribution in [2.24, 2.45) is 21.7 Å². The van der Waals surface area contributed by atoms with Crippen LogP contribution >= 0.6 is 22.7 Å². The third-order valence-electron chi connectivity index (χ3n) is 9.39. The van der Waals surface area contributed by atoms with E-state index in [0.29, 0.717) is 39.7 Å². The average molecular weight is 965 g/mol. The highest BCUT2D eigenvalue weighted by Crippen LogP contribution is 2.32. The number of aromatic nitrogens is 4. The van der Waals surface area contributed by atoms with Gasteiger partial charge in [0.15, 0.2) is 11.2 Å². The van der Waals surface area contributed by atoms with E-state index in [4.69, 9.17) is 14.1 Å². The van der Waals surface area contributed by atoms with E-state index in [-0.39, 0.29) is 21.7 Å². The van der Waals surface area contributed by atoms with Gasteiger partial charge in [-0.1, -0.05) is 144 Å². The molecule has 4 aromatic heterocycles. The second-order valence-corrected chi connectivity index (χ2v) is 23.2. The highest BCUT2D eigenvalue weighted by atomic mass is 32.1. The number of rotatable bonds is 4. The SMILES string of the molecule is CC(C)(C)/C=C(\C#N)c1nc2ccccc2o1.CC(C)(C)/C=C(\C#N)c1nc2ccccc2s1.Cc1ccc2nc(/C(C#N)=C/C(C)(C)C)oc2c1.Cc1ccc2nc(/C(C#N)=C/C(C)(C)C)sc2c1. The van der Waals surface area contributed by atoms with Gasteiger partial charge < -0.3 is 8.83 Å². The summed E-state index contributed by atoms with van der Waals surface area (Å²) >= 11 is 3.15. The summed E-state index contributed by atoms with van der Waals surface area (Å²) in [5.41, 5.74) is 9.36. The van der Waals surface area contributed by atoms with Crippen molar-refractivity contribution in [3.63, 3.8) is 0 Å². The molecule has 0 N–H and O–H groups in total.